The number of rotatable bonds is 7. The van der Waals surface area contributed by atoms with Crippen LogP contribution in [0.4, 0.5) is 0 Å². The van der Waals surface area contributed by atoms with E-state index in [1.54, 1.807) is 30.5 Å². The zero-order valence-corrected chi connectivity index (χ0v) is 22.4. The number of Topliss-reactive ketones (excluding diaryl/α,β-unsaturated/α-hetero) is 1. The zero-order valence-electron chi connectivity index (χ0n) is 21.6. The van der Waals surface area contributed by atoms with E-state index in [0.29, 0.717) is 12.0 Å². The molecule has 1 aromatic carbocycles. The highest BCUT2D eigenvalue weighted by Crippen LogP contribution is 2.34. The molecule has 0 spiro atoms. The van der Waals surface area contributed by atoms with Crippen LogP contribution >= 0.6 is 0 Å². The summed E-state index contributed by atoms with van der Waals surface area (Å²) in [6.45, 7) is 3.58. The second-order valence-corrected chi connectivity index (χ2v) is 12.1. The summed E-state index contributed by atoms with van der Waals surface area (Å²) < 4.78 is 27.8. The third-order valence-electron chi connectivity index (χ3n) is 7.20. The molecule has 5 rings (SSSR count). The van der Waals surface area contributed by atoms with Crippen LogP contribution in [0, 0.1) is 11.1 Å². The summed E-state index contributed by atoms with van der Waals surface area (Å²) in [6.07, 6.45) is 3.33. The molecule has 3 aromatic rings. The standard InChI is InChI=1S/C27H29N5O6S/c1-17(2)14-21(29-26(34)19-8-9-20-18(15-19)6-5-11-28-20)27(35)30-13-10-22-25(30)23(33)16-32(22)39(37,38)24-7-3-4-12-31(24)36/h3-9,11-12,15,17,21-22,25H,10,13-14,16H2,1-2H3,(H,29,34). The first-order valence-corrected chi connectivity index (χ1v) is 14.2. The van der Waals surface area contributed by atoms with Crippen LogP contribution < -0.4 is 10.0 Å². The van der Waals surface area contributed by atoms with E-state index >= 15 is 0 Å². The molecule has 204 valence electrons. The fourth-order valence-electron chi connectivity index (χ4n) is 5.42. The summed E-state index contributed by atoms with van der Waals surface area (Å²) in [6, 6.07) is 10.1. The van der Waals surface area contributed by atoms with E-state index in [1.807, 2.05) is 19.9 Å². The minimum atomic E-state index is -4.27. The molecule has 11 nitrogen and oxygen atoms in total. The number of amides is 2. The lowest BCUT2D eigenvalue weighted by molar-refractivity contribution is -0.646. The Morgan fingerprint density at radius 3 is 2.72 bits per heavy atom. The molecule has 0 aliphatic carbocycles. The lowest BCUT2D eigenvalue weighted by Crippen LogP contribution is -2.53. The minimum absolute atomic E-state index is 0.0557. The molecule has 0 saturated carbocycles. The van der Waals surface area contributed by atoms with Gasteiger partial charge >= 0.3 is 15.0 Å². The number of hydrogen-bond donors (Lipinski definition) is 1. The number of carbonyl (C=O) groups is 3. The monoisotopic (exact) mass is 551 g/mol. The van der Waals surface area contributed by atoms with E-state index < -0.39 is 57.3 Å². The number of nitrogens with one attached hydrogen (secondary N) is 1. The highest BCUT2D eigenvalue weighted by molar-refractivity contribution is 7.89. The molecule has 2 fully saturated rings. The number of hydrogen-bond acceptors (Lipinski definition) is 7. The Hall–Kier alpha value is -3.90. The predicted octanol–water partition coefficient (Wildman–Crippen LogP) is 1.26. The second-order valence-electron chi connectivity index (χ2n) is 10.3. The topological polar surface area (TPSA) is 144 Å². The molecule has 2 aromatic heterocycles. The van der Waals surface area contributed by atoms with E-state index in [0.717, 1.165) is 21.4 Å². The maximum absolute atomic E-state index is 13.8. The van der Waals surface area contributed by atoms with Crippen molar-refractivity contribution in [3.8, 4) is 0 Å². The van der Waals surface area contributed by atoms with Gasteiger partial charge in [-0.2, -0.15) is 9.04 Å². The second kappa shape index (κ2) is 10.3. The van der Waals surface area contributed by atoms with Crippen molar-refractivity contribution in [2.24, 2.45) is 5.92 Å². The zero-order chi connectivity index (χ0) is 27.9. The molecule has 0 bridgehead atoms. The van der Waals surface area contributed by atoms with Crippen LogP contribution in [-0.4, -0.2) is 71.4 Å². The Bertz CT molecular complexity index is 1560. The number of carbonyl (C=O) groups excluding carboxylic acids is 3. The van der Waals surface area contributed by atoms with Crippen LogP contribution in [0.3, 0.4) is 0 Å². The van der Waals surface area contributed by atoms with Crippen LogP contribution in [0.2, 0.25) is 0 Å². The fourth-order valence-corrected chi connectivity index (χ4v) is 7.08. The van der Waals surface area contributed by atoms with Gasteiger partial charge in [0.05, 0.1) is 18.1 Å². The quantitative estimate of drug-likeness (QED) is 0.344. The van der Waals surface area contributed by atoms with Gasteiger partial charge in [-0.15, -0.1) is 0 Å². The molecule has 0 radical (unpaired) electrons. The van der Waals surface area contributed by atoms with Crippen molar-refractivity contribution in [2.75, 3.05) is 13.1 Å². The molecule has 3 atom stereocenters. The molecule has 3 unspecified atom stereocenters. The normalized spacial score (nSPS) is 20.4. The highest BCUT2D eigenvalue weighted by Gasteiger charge is 2.55. The minimum Gasteiger partial charge on any atom is -0.618 e. The molecular formula is C27H29N5O6S. The number of nitrogens with zero attached hydrogens (tertiary/aromatic N) is 4. The molecule has 4 heterocycles. The Morgan fingerprint density at radius 1 is 1.18 bits per heavy atom. The van der Waals surface area contributed by atoms with Crippen LogP contribution in [0.15, 0.2) is 66.0 Å². The maximum Gasteiger partial charge on any atom is 0.323 e. The van der Waals surface area contributed by atoms with Crippen molar-refractivity contribution in [1.29, 1.82) is 0 Å². The lowest BCUT2D eigenvalue weighted by Gasteiger charge is -2.29. The van der Waals surface area contributed by atoms with Gasteiger partial charge in [0.2, 0.25) is 5.91 Å². The molecule has 2 aliphatic heterocycles. The number of ketones is 1. The highest BCUT2D eigenvalue weighted by atomic mass is 32.2. The van der Waals surface area contributed by atoms with Crippen molar-refractivity contribution in [2.45, 2.75) is 49.8 Å². The average molecular weight is 552 g/mol. The summed E-state index contributed by atoms with van der Waals surface area (Å²) in [7, 11) is -4.27. The van der Waals surface area contributed by atoms with Crippen LogP contribution in [0.25, 0.3) is 10.9 Å². The fraction of sp³-hybridized carbons (Fsp3) is 0.370. The first-order valence-electron chi connectivity index (χ1n) is 12.8. The SMILES string of the molecule is CC(C)CC(NC(=O)c1ccc2ncccc2c1)C(=O)N1CCC2C1C(=O)CN2S(=O)(=O)c1cccc[n+]1[O-]. The van der Waals surface area contributed by atoms with E-state index in [4.69, 9.17) is 0 Å². The smallest absolute Gasteiger partial charge is 0.323 e. The summed E-state index contributed by atoms with van der Waals surface area (Å²) in [5, 5.41) is 15.3. The maximum atomic E-state index is 13.8. The predicted molar refractivity (Wildman–Crippen MR) is 141 cm³/mol. The van der Waals surface area contributed by atoms with Gasteiger partial charge in [-0.25, -0.2) is 8.42 Å². The third-order valence-corrected chi connectivity index (χ3v) is 9.06. The number of benzene rings is 1. The molecule has 1 N–H and O–H groups in total. The van der Waals surface area contributed by atoms with Crippen LogP contribution in [0.5, 0.6) is 0 Å². The van der Waals surface area contributed by atoms with Gasteiger partial charge in [-0.05, 0) is 49.1 Å². The van der Waals surface area contributed by atoms with E-state index in [-0.39, 0.29) is 23.6 Å². The molecule has 39 heavy (non-hydrogen) atoms. The van der Waals surface area contributed by atoms with Crippen LogP contribution in [0.1, 0.15) is 37.0 Å². The van der Waals surface area contributed by atoms with Gasteiger partial charge in [0.25, 0.3) is 5.91 Å². The van der Waals surface area contributed by atoms with Gasteiger partial charge in [0, 0.05) is 35.8 Å². The lowest BCUT2D eigenvalue weighted by atomic mass is 10.0. The number of pyridine rings is 2. The van der Waals surface area contributed by atoms with Crippen molar-refractivity contribution >= 4 is 38.5 Å². The van der Waals surface area contributed by atoms with E-state index in [2.05, 4.69) is 10.3 Å². The van der Waals surface area contributed by atoms with E-state index in [1.165, 1.54) is 23.1 Å². The largest absolute Gasteiger partial charge is 0.618 e. The number of fused-ring (bicyclic) bond motifs is 2. The molecule has 2 aliphatic rings. The molecule has 12 heteroatoms. The van der Waals surface area contributed by atoms with E-state index in [9.17, 15) is 28.0 Å². The Labute approximate surface area is 226 Å². The first-order chi connectivity index (χ1) is 18.6. The van der Waals surface area contributed by atoms with Crippen molar-refractivity contribution in [3.05, 3.63) is 71.7 Å². The van der Waals surface area contributed by atoms with Crippen LogP contribution in [-0.2, 0) is 19.6 Å². The number of sulfonamides is 1. The van der Waals surface area contributed by atoms with Gasteiger partial charge in [-0.3, -0.25) is 19.4 Å². The Balaban J connectivity index is 1.37. The molecular weight excluding hydrogens is 522 g/mol. The van der Waals surface area contributed by atoms with Crippen molar-refractivity contribution < 1.29 is 27.5 Å². The summed E-state index contributed by atoms with van der Waals surface area (Å²) in [5.41, 5.74) is 1.11. The van der Waals surface area contributed by atoms with Gasteiger partial charge in [-0.1, -0.05) is 19.9 Å². The third kappa shape index (κ3) is 4.97. The number of likely N-dealkylation sites (tertiary alicyclic amines) is 1. The van der Waals surface area contributed by atoms with Gasteiger partial charge < -0.3 is 15.4 Å². The molecule has 2 saturated heterocycles. The van der Waals surface area contributed by atoms with Crippen molar-refractivity contribution in [1.82, 2.24) is 19.5 Å². The van der Waals surface area contributed by atoms with Crippen molar-refractivity contribution in [3.63, 3.8) is 0 Å². The summed E-state index contributed by atoms with van der Waals surface area (Å²) in [5.74, 6) is -1.22. The average Bonchev–Trinajstić information content (AvgIpc) is 3.49. The molecule has 2 amide bonds. The Kier molecular flexibility index (Phi) is 7.08. The first kappa shape index (κ1) is 26.7. The van der Waals surface area contributed by atoms with Gasteiger partial charge in [0.15, 0.2) is 12.0 Å². The summed E-state index contributed by atoms with van der Waals surface area (Å²) >= 11 is 0. The summed E-state index contributed by atoms with van der Waals surface area (Å²) in [4.78, 5) is 45.7. The Morgan fingerprint density at radius 2 is 1.97 bits per heavy atom. The number of aromatic nitrogens is 2. The van der Waals surface area contributed by atoms with Gasteiger partial charge in [0.1, 0.15) is 12.1 Å².